The lowest BCUT2D eigenvalue weighted by Gasteiger charge is -2.10. The Labute approximate surface area is 116 Å². The molecular formula is C14H15N3OS. The van der Waals surface area contributed by atoms with Crippen LogP contribution in [-0.2, 0) is 0 Å². The van der Waals surface area contributed by atoms with E-state index in [-0.39, 0.29) is 5.91 Å². The molecule has 0 aliphatic rings. The number of aromatic nitrogens is 2. The van der Waals surface area contributed by atoms with E-state index in [2.05, 4.69) is 15.3 Å². The van der Waals surface area contributed by atoms with E-state index < -0.39 is 0 Å². The van der Waals surface area contributed by atoms with Crippen LogP contribution in [-0.4, -0.2) is 22.1 Å². The molecule has 1 amide bonds. The minimum absolute atomic E-state index is 0.181. The summed E-state index contributed by atoms with van der Waals surface area (Å²) in [5.41, 5.74) is 1.99. The second-order valence-electron chi connectivity index (χ2n) is 4.07. The van der Waals surface area contributed by atoms with Crippen molar-refractivity contribution in [1.29, 1.82) is 0 Å². The molecule has 0 aliphatic carbocycles. The molecule has 0 radical (unpaired) electrons. The van der Waals surface area contributed by atoms with Crippen LogP contribution in [0.1, 0.15) is 21.9 Å². The Hall–Kier alpha value is -1.88. The standard InChI is InChI=1S/C14H15N3OS/c1-9-11(8-15-10(2)16-9)14(18)17-12-6-4-5-7-13(12)19-3/h4-8H,1-3H3,(H,17,18). The van der Waals surface area contributed by atoms with Gasteiger partial charge in [-0.15, -0.1) is 11.8 Å². The van der Waals surface area contributed by atoms with Crippen molar-refractivity contribution < 1.29 is 4.79 Å². The fourth-order valence-electron chi connectivity index (χ4n) is 1.74. The number of hydrogen-bond acceptors (Lipinski definition) is 4. The van der Waals surface area contributed by atoms with E-state index in [1.165, 1.54) is 0 Å². The summed E-state index contributed by atoms with van der Waals surface area (Å²) >= 11 is 1.59. The van der Waals surface area contributed by atoms with Gasteiger partial charge in [0.05, 0.1) is 16.9 Å². The Morgan fingerprint density at radius 2 is 2.00 bits per heavy atom. The number of anilines is 1. The molecule has 2 aromatic rings. The molecule has 0 saturated heterocycles. The van der Waals surface area contributed by atoms with Gasteiger partial charge in [0.25, 0.3) is 5.91 Å². The average Bonchev–Trinajstić information content (AvgIpc) is 2.39. The fraction of sp³-hybridized carbons (Fsp3) is 0.214. The van der Waals surface area contributed by atoms with Gasteiger partial charge in [-0.3, -0.25) is 4.79 Å². The summed E-state index contributed by atoms with van der Waals surface area (Å²) in [7, 11) is 0. The molecule has 1 aromatic carbocycles. The Bertz CT molecular complexity index is 613. The molecule has 0 unspecified atom stereocenters. The quantitative estimate of drug-likeness (QED) is 0.873. The van der Waals surface area contributed by atoms with Crippen LogP contribution in [0.4, 0.5) is 5.69 Å². The van der Waals surface area contributed by atoms with Crippen molar-refractivity contribution in [2.45, 2.75) is 18.7 Å². The van der Waals surface area contributed by atoms with Gasteiger partial charge in [-0.05, 0) is 32.2 Å². The zero-order chi connectivity index (χ0) is 13.8. The number of hydrogen-bond donors (Lipinski definition) is 1. The molecule has 5 heteroatoms. The van der Waals surface area contributed by atoms with Crippen LogP contribution in [0.25, 0.3) is 0 Å². The normalized spacial score (nSPS) is 10.3. The van der Waals surface area contributed by atoms with Gasteiger partial charge in [-0.25, -0.2) is 9.97 Å². The molecule has 98 valence electrons. The second-order valence-corrected chi connectivity index (χ2v) is 4.92. The van der Waals surface area contributed by atoms with Gasteiger partial charge in [0.1, 0.15) is 5.82 Å². The minimum atomic E-state index is -0.181. The Balaban J connectivity index is 2.26. The summed E-state index contributed by atoms with van der Waals surface area (Å²) in [5.74, 6) is 0.484. The van der Waals surface area contributed by atoms with Crippen LogP contribution in [0, 0.1) is 13.8 Å². The van der Waals surface area contributed by atoms with Gasteiger partial charge in [0.2, 0.25) is 0 Å². The van der Waals surface area contributed by atoms with Crippen LogP contribution in [0.5, 0.6) is 0 Å². The summed E-state index contributed by atoms with van der Waals surface area (Å²) < 4.78 is 0. The third-order valence-electron chi connectivity index (χ3n) is 2.70. The summed E-state index contributed by atoms with van der Waals surface area (Å²) in [6.45, 7) is 3.61. The summed E-state index contributed by atoms with van der Waals surface area (Å²) in [6, 6.07) is 7.70. The van der Waals surface area contributed by atoms with Crippen LogP contribution in [0.15, 0.2) is 35.4 Å². The molecule has 0 spiro atoms. The molecule has 2 rings (SSSR count). The zero-order valence-corrected chi connectivity index (χ0v) is 11.9. The molecule has 0 bridgehead atoms. The first kappa shape index (κ1) is 13.5. The van der Waals surface area contributed by atoms with Crippen molar-refractivity contribution in [1.82, 2.24) is 9.97 Å². The molecule has 4 nitrogen and oxygen atoms in total. The number of aryl methyl sites for hydroxylation is 2. The first-order valence-corrected chi connectivity index (χ1v) is 7.09. The third kappa shape index (κ3) is 3.12. The smallest absolute Gasteiger partial charge is 0.259 e. The number of para-hydroxylation sites is 1. The van der Waals surface area contributed by atoms with Gasteiger partial charge in [0, 0.05) is 11.1 Å². The maximum Gasteiger partial charge on any atom is 0.259 e. The number of carbonyl (C=O) groups excluding carboxylic acids is 1. The predicted octanol–water partition coefficient (Wildman–Crippen LogP) is 3.07. The van der Waals surface area contributed by atoms with Crippen LogP contribution >= 0.6 is 11.8 Å². The lowest BCUT2D eigenvalue weighted by molar-refractivity contribution is 0.102. The summed E-state index contributed by atoms with van der Waals surface area (Å²) in [5, 5.41) is 2.90. The number of benzene rings is 1. The molecule has 1 aromatic heterocycles. The molecule has 1 heterocycles. The van der Waals surface area contributed by atoms with E-state index in [4.69, 9.17) is 0 Å². The fourth-order valence-corrected chi connectivity index (χ4v) is 2.30. The first-order valence-electron chi connectivity index (χ1n) is 5.86. The number of rotatable bonds is 3. The highest BCUT2D eigenvalue weighted by Gasteiger charge is 2.12. The van der Waals surface area contributed by atoms with Crippen molar-refractivity contribution >= 4 is 23.4 Å². The van der Waals surface area contributed by atoms with E-state index in [1.807, 2.05) is 37.4 Å². The molecule has 0 aliphatic heterocycles. The van der Waals surface area contributed by atoms with E-state index in [0.717, 1.165) is 10.6 Å². The highest BCUT2D eigenvalue weighted by atomic mass is 32.2. The number of nitrogens with one attached hydrogen (secondary N) is 1. The van der Waals surface area contributed by atoms with Crippen molar-refractivity contribution in [3.8, 4) is 0 Å². The monoisotopic (exact) mass is 273 g/mol. The molecule has 0 saturated carbocycles. The molecule has 1 N–H and O–H groups in total. The maximum absolute atomic E-state index is 12.2. The van der Waals surface area contributed by atoms with Gasteiger partial charge in [-0.2, -0.15) is 0 Å². The Kier molecular flexibility index (Phi) is 4.16. The highest BCUT2D eigenvalue weighted by molar-refractivity contribution is 7.98. The third-order valence-corrected chi connectivity index (χ3v) is 3.50. The molecular weight excluding hydrogens is 258 g/mol. The number of thioether (sulfide) groups is 1. The van der Waals surface area contributed by atoms with Crippen LogP contribution in [0.2, 0.25) is 0 Å². The predicted molar refractivity (Wildman–Crippen MR) is 77.7 cm³/mol. The largest absolute Gasteiger partial charge is 0.321 e. The van der Waals surface area contributed by atoms with Gasteiger partial charge in [0.15, 0.2) is 0 Å². The Morgan fingerprint density at radius 1 is 1.26 bits per heavy atom. The Morgan fingerprint density at radius 3 is 2.68 bits per heavy atom. The van der Waals surface area contributed by atoms with Crippen molar-refractivity contribution in [3.63, 3.8) is 0 Å². The van der Waals surface area contributed by atoms with E-state index in [1.54, 1.807) is 24.9 Å². The van der Waals surface area contributed by atoms with Gasteiger partial charge in [-0.1, -0.05) is 12.1 Å². The lowest BCUT2D eigenvalue weighted by atomic mass is 10.2. The molecule has 19 heavy (non-hydrogen) atoms. The SMILES string of the molecule is CSc1ccccc1NC(=O)c1cnc(C)nc1C. The van der Waals surface area contributed by atoms with E-state index in [0.29, 0.717) is 17.1 Å². The first-order chi connectivity index (χ1) is 9.11. The molecule has 0 fully saturated rings. The lowest BCUT2D eigenvalue weighted by Crippen LogP contribution is -2.15. The number of amides is 1. The summed E-state index contributed by atoms with van der Waals surface area (Å²) in [4.78, 5) is 21.5. The van der Waals surface area contributed by atoms with Gasteiger partial charge < -0.3 is 5.32 Å². The van der Waals surface area contributed by atoms with Crippen LogP contribution in [0.3, 0.4) is 0 Å². The minimum Gasteiger partial charge on any atom is -0.321 e. The van der Waals surface area contributed by atoms with E-state index >= 15 is 0 Å². The van der Waals surface area contributed by atoms with Crippen LogP contribution < -0.4 is 5.32 Å². The zero-order valence-electron chi connectivity index (χ0n) is 11.1. The topological polar surface area (TPSA) is 54.9 Å². The van der Waals surface area contributed by atoms with Crippen molar-refractivity contribution in [2.24, 2.45) is 0 Å². The maximum atomic E-state index is 12.2. The second kappa shape index (κ2) is 5.84. The summed E-state index contributed by atoms with van der Waals surface area (Å²) in [6.07, 6.45) is 3.54. The molecule has 0 atom stereocenters. The number of nitrogens with zero attached hydrogens (tertiary/aromatic N) is 2. The highest BCUT2D eigenvalue weighted by Crippen LogP contribution is 2.25. The van der Waals surface area contributed by atoms with Crippen molar-refractivity contribution in [3.05, 3.63) is 47.5 Å². The van der Waals surface area contributed by atoms with Crippen molar-refractivity contribution in [2.75, 3.05) is 11.6 Å². The van der Waals surface area contributed by atoms with E-state index in [9.17, 15) is 4.79 Å². The van der Waals surface area contributed by atoms with Gasteiger partial charge >= 0.3 is 0 Å². The average molecular weight is 273 g/mol. The number of carbonyl (C=O) groups is 1.